The zero-order valence-electron chi connectivity index (χ0n) is 13.0. The summed E-state index contributed by atoms with van der Waals surface area (Å²) in [6.07, 6.45) is 2.20. The third kappa shape index (κ3) is 7.02. The van der Waals surface area contributed by atoms with Crippen molar-refractivity contribution in [3.63, 3.8) is 0 Å². The molecule has 0 heterocycles. The molecule has 0 radical (unpaired) electrons. The third-order valence-corrected chi connectivity index (χ3v) is 2.63. The molecule has 1 aromatic rings. The molecule has 1 rings (SSSR count). The quantitative estimate of drug-likeness (QED) is 0.783. The number of ether oxygens (including phenoxy) is 1. The summed E-state index contributed by atoms with van der Waals surface area (Å²) in [5, 5.41) is 5.70. The van der Waals surface area contributed by atoms with Gasteiger partial charge < -0.3 is 15.4 Å². The number of rotatable bonds is 6. The lowest BCUT2D eigenvalue weighted by molar-refractivity contribution is 0.231. The Bertz CT molecular complexity index is 407. The molecule has 0 aliphatic carbocycles. The Morgan fingerprint density at radius 3 is 2.40 bits per heavy atom. The van der Waals surface area contributed by atoms with Gasteiger partial charge in [0, 0.05) is 12.1 Å². The molecule has 2 amide bonds. The second-order valence-electron chi connectivity index (χ2n) is 5.90. The van der Waals surface area contributed by atoms with Crippen molar-refractivity contribution in [2.24, 2.45) is 0 Å². The van der Waals surface area contributed by atoms with E-state index in [1.54, 1.807) is 0 Å². The standard InChI is InChI=1S/C16H26N2O2/c1-5-6-11-20-14-9-7-13(8-10-14)12-17-15(19)18-16(2,3)4/h7-10H,5-6,11-12H2,1-4H3,(H2,17,18,19). The highest BCUT2D eigenvalue weighted by Gasteiger charge is 2.12. The first-order chi connectivity index (χ1) is 9.40. The average molecular weight is 278 g/mol. The molecule has 0 fully saturated rings. The maximum atomic E-state index is 11.6. The number of benzene rings is 1. The lowest BCUT2D eigenvalue weighted by Crippen LogP contribution is -2.46. The molecule has 1 aromatic carbocycles. The van der Waals surface area contributed by atoms with Crippen molar-refractivity contribution in [1.29, 1.82) is 0 Å². The van der Waals surface area contributed by atoms with Gasteiger partial charge in [-0.3, -0.25) is 0 Å². The Morgan fingerprint density at radius 1 is 1.20 bits per heavy atom. The van der Waals surface area contributed by atoms with Gasteiger partial charge in [0.05, 0.1) is 6.61 Å². The van der Waals surface area contributed by atoms with Gasteiger partial charge in [0.15, 0.2) is 0 Å². The molecule has 112 valence electrons. The largest absolute Gasteiger partial charge is 0.494 e. The number of carbonyl (C=O) groups excluding carboxylic acids is 1. The lowest BCUT2D eigenvalue weighted by atomic mass is 10.1. The van der Waals surface area contributed by atoms with Crippen LogP contribution in [0.2, 0.25) is 0 Å². The fourth-order valence-corrected chi connectivity index (χ4v) is 1.61. The van der Waals surface area contributed by atoms with Crippen molar-refractivity contribution in [1.82, 2.24) is 10.6 Å². The Balaban J connectivity index is 2.36. The highest BCUT2D eigenvalue weighted by molar-refractivity contribution is 5.74. The van der Waals surface area contributed by atoms with Gasteiger partial charge in [-0.25, -0.2) is 4.79 Å². The Labute approximate surface area is 121 Å². The van der Waals surface area contributed by atoms with Gasteiger partial charge in [-0.15, -0.1) is 0 Å². The molecule has 0 spiro atoms. The first-order valence-corrected chi connectivity index (χ1v) is 7.18. The van der Waals surface area contributed by atoms with E-state index in [9.17, 15) is 4.79 Å². The summed E-state index contributed by atoms with van der Waals surface area (Å²) in [4.78, 5) is 11.6. The summed E-state index contributed by atoms with van der Waals surface area (Å²) in [5.41, 5.74) is 0.832. The summed E-state index contributed by atoms with van der Waals surface area (Å²) in [7, 11) is 0. The molecule has 0 unspecified atom stereocenters. The van der Waals surface area contributed by atoms with Gasteiger partial charge in [0.1, 0.15) is 5.75 Å². The average Bonchev–Trinajstić information content (AvgIpc) is 2.36. The monoisotopic (exact) mass is 278 g/mol. The van der Waals surface area contributed by atoms with E-state index in [4.69, 9.17) is 4.74 Å². The molecular formula is C16H26N2O2. The first-order valence-electron chi connectivity index (χ1n) is 7.18. The van der Waals surface area contributed by atoms with Gasteiger partial charge >= 0.3 is 6.03 Å². The molecule has 0 bridgehead atoms. The van der Waals surface area contributed by atoms with Crippen LogP contribution in [0.5, 0.6) is 5.75 Å². The van der Waals surface area contributed by atoms with Gasteiger partial charge in [-0.05, 0) is 44.9 Å². The molecule has 0 saturated carbocycles. The fourth-order valence-electron chi connectivity index (χ4n) is 1.61. The zero-order valence-corrected chi connectivity index (χ0v) is 13.0. The van der Waals surface area contributed by atoms with Crippen molar-refractivity contribution in [3.05, 3.63) is 29.8 Å². The second-order valence-corrected chi connectivity index (χ2v) is 5.90. The van der Waals surface area contributed by atoms with Crippen LogP contribution >= 0.6 is 0 Å². The second kappa shape index (κ2) is 7.78. The SMILES string of the molecule is CCCCOc1ccc(CNC(=O)NC(C)(C)C)cc1. The van der Waals surface area contributed by atoms with E-state index < -0.39 is 0 Å². The summed E-state index contributed by atoms with van der Waals surface area (Å²) in [6, 6.07) is 7.67. The maximum Gasteiger partial charge on any atom is 0.315 e. The summed E-state index contributed by atoms with van der Waals surface area (Å²) in [6.45, 7) is 9.26. The highest BCUT2D eigenvalue weighted by atomic mass is 16.5. The third-order valence-electron chi connectivity index (χ3n) is 2.63. The minimum atomic E-state index is -0.221. The van der Waals surface area contributed by atoms with Crippen molar-refractivity contribution >= 4 is 6.03 Å². The van der Waals surface area contributed by atoms with Crippen LogP contribution in [0, 0.1) is 0 Å². The fraction of sp³-hybridized carbons (Fsp3) is 0.562. The van der Waals surface area contributed by atoms with Crippen molar-refractivity contribution in [2.45, 2.75) is 52.6 Å². The molecule has 0 aromatic heterocycles. The van der Waals surface area contributed by atoms with E-state index in [-0.39, 0.29) is 11.6 Å². The Hall–Kier alpha value is -1.71. The summed E-state index contributed by atoms with van der Waals surface area (Å²) >= 11 is 0. The molecule has 20 heavy (non-hydrogen) atoms. The van der Waals surface area contributed by atoms with Crippen LogP contribution < -0.4 is 15.4 Å². The molecule has 0 aliphatic rings. The number of carbonyl (C=O) groups is 1. The van der Waals surface area contributed by atoms with Crippen LogP contribution in [0.1, 0.15) is 46.1 Å². The van der Waals surface area contributed by atoms with Crippen molar-refractivity contribution < 1.29 is 9.53 Å². The summed E-state index contributed by atoms with van der Waals surface area (Å²) < 4.78 is 5.59. The van der Waals surface area contributed by atoms with Gasteiger partial charge in [0.2, 0.25) is 0 Å². The molecule has 4 nitrogen and oxygen atoms in total. The van der Waals surface area contributed by atoms with Crippen LogP contribution in [0.3, 0.4) is 0 Å². The topological polar surface area (TPSA) is 50.4 Å². The van der Waals surface area contributed by atoms with Crippen molar-refractivity contribution in [3.8, 4) is 5.75 Å². The number of nitrogens with one attached hydrogen (secondary N) is 2. The minimum absolute atomic E-state index is 0.152. The van der Waals surface area contributed by atoms with E-state index in [0.29, 0.717) is 6.54 Å². The van der Waals surface area contributed by atoms with Gasteiger partial charge in [0.25, 0.3) is 0 Å². The van der Waals surface area contributed by atoms with E-state index >= 15 is 0 Å². The van der Waals surface area contributed by atoms with Gasteiger partial charge in [-0.1, -0.05) is 25.5 Å². The number of unbranched alkanes of at least 4 members (excludes halogenated alkanes) is 1. The number of amides is 2. The Kier molecular flexibility index (Phi) is 6.36. The molecule has 0 atom stereocenters. The van der Waals surface area contributed by atoms with Crippen LogP contribution in [-0.2, 0) is 6.54 Å². The first kappa shape index (κ1) is 16.3. The van der Waals surface area contributed by atoms with Crippen LogP contribution in [-0.4, -0.2) is 18.2 Å². The minimum Gasteiger partial charge on any atom is -0.494 e. The number of hydrogen-bond acceptors (Lipinski definition) is 2. The molecule has 0 saturated heterocycles. The molecule has 2 N–H and O–H groups in total. The van der Waals surface area contributed by atoms with Gasteiger partial charge in [-0.2, -0.15) is 0 Å². The normalized spacial score (nSPS) is 11.0. The van der Waals surface area contributed by atoms with E-state index in [2.05, 4.69) is 17.6 Å². The number of urea groups is 1. The van der Waals surface area contributed by atoms with Crippen LogP contribution in [0.4, 0.5) is 4.79 Å². The van der Waals surface area contributed by atoms with Crippen LogP contribution in [0.25, 0.3) is 0 Å². The molecule has 0 aliphatic heterocycles. The van der Waals surface area contributed by atoms with E-state index in [1.165, 1.54) is 0 Å². The molecule has 4 heteroatoms. The highest BCUT2D eigenvalue weighted by Crippen LogP contribution is 2.12. The van der Waals surface area contributed by atoms with Crippen molar-refractivity contribution in [2.75, 3.05) is 6.61 Å². The summed E-state index contributed by atoms with van der Waals surface area (Å²) in [5.74, 6) is 0.876. The van der Waals surface area contributed by atoms with E-state index in [0.717, 1.165) is 30.8 Å². The lowest BCUT2D eigenvalue weighted by Gasteiger charge is -2.20. The smallest absolute Gasteiger partial charge is 0.315 e. The molecular weight excluding hydrogens is 252 g/mol. The van der Waals surface area contributed by atoms with E-state index in [1.807, 2.05) is 45.0 Å². The zero-order chi connectivity index (χ0) is 15.0. The predicted molar refractivity (Wildman–Crippen MR) is 82.0 cm³/mol. The Morgan fingerprint density at radius 2 is 1.85 bits per heavy atom. The maximum absolute atomic E-state index is 11.6. The van der Waals surface area contributed by atoms with Crippen LogP contribution in [0.15, 0.2) is 24.3 Å². The predicted octanol–water partition coefficient (Wildman–Crippen LogP) is 3.46. The number of hydrogen-bond donors (Lipinski definition) is 2.